The lowest BCUT2D eigenvalue weighted by Gasteiger charge is -2.28. The molecule has 0 aromatic carbocycles. The number of nitrogens with one attached hydrogen (secondary N) is 1. The van der Waals surface area contributed by atoms with Gasteiger partial charge in [0.05, 0.1) is 6.20 Å². The van der Waals surface area contributed by atoms with Gasteiger partial charge < -0.3 is 5.32 Å². The van der Waals surface area contributed by atoms with E-state index in [4.69, 9.17) is 0 Å². The molecule has 0 saturated carbocycles. The quantitative estimate of drug-likeness (QED) is 0.776. The van der Waals surface area contributed by atoms with Gasteiger partial charge in [0.15, 0.2) is 5.78 Å². The second-order valence-corrected chi connectivity index (χ2v) is 4.08. The number of hydrogen-bond donors (Lipinski definition) is 1. The van der Waals surface area contributed by atoms with E-state index in [0.717, 1.165) is 10.9 Å². The normalized spacial score (nSPS) is 25.2. The predicted octanol–water partition coefficient (Wildman–Crippen LogP) is 0.540. The zero-order chi connectivity index (χ0) is 12.7. The Kier molecular flexibility index (Phi) is 2.69. The summed E-state index contributed by atoms with van der Waals surface area (Å²) in [6.07, 6.45) is -3.76. The molecule has 5 nitrogen and oxygen atoms in total. The van der Waals surface area contributed by atoms with Crippen molar-refractivity contribution in [2.45, 2.75) is 12.6 Å². The molecule has 1 aromatic heterocycles. The Morgan fingerprint density at radius 2 is 2.29 bits per heavy atom. The second kappa shape index (κ2) is 3.80. The molecule has 1 aliphatic rings. The number of Topliss-reactive ketones (excluding diaryl/α,β-unsaturated/α-hetero) is 1. The van der Waals surface area contributed by atoms with Crippen LogP contribution in [0.25, 0.3) is 0 Å². The van der Waals surface area contributed by atoms with Crippen molar-refractivity contribution in [1.29, 1.82) is 0 Å². The van der Waals surface area contributed by atoms with Crippen LogP contribution in [0.15, 0.2) is 6.20 Å². The van der Waals surface area contributed by atoms with E-state index in [1.165, 1.54) is 7.05 Å². The first kappa shape index (κ1) is 12.0. The van der Waals surface area contributed by atoms with Crippen molar-refractivity contribution in [1.82, 2.24) is 20.3 Å². The van der Waals surface area contributed by atoms with Crippen LogP contribution in [0, 0.1) is 5.41 Å². The number of hydrogen-bond acceptors (Lipinski definition) is 4. The maximum absolute atomic E-state index is 13.1. The molecule has 0 spiro atoms. The Morgan fingerprint density at radius 3 is 2.71 bits per heavy atom. The highest BCUT2D eigenvalue weighted by Gasteiger charge is 2.61. The molecule has 0 aliphatic carbocycles. The lowest BCUT2D eigenvalue weighted by molar-refractivity contribution is -0.197. The van der Waals surface area contributed by atoms with E-state index in [1.54, 1.807) is 0 Å². The van der Waals surface area contributed by atoms with Crippen LogP contribution >= 0.6 is 0 Å². The Balaban J connectivity index is 2.42. The summed E-state index contributed by atoms with van der Waals surface area (Å²) in [5, 5.41) is 9.50. The van der Waals surface area contributed by atoms with Crippen molar-refractivity contribution in [3.63, 3.8) is 0 Å². The number of nitrogens with zero attached hydrogens (tertiary/aromatic N) is 3. The molecular formula is C9H11F3N4O. The molecule has 2 rings (SSSR count). The smallest absolute Gasteiger partial charge is 0.315 e. The van der Waals surface area contributed by atoms with Crippen molar-refractivity contribution in [2.24, 2.45) is 12.5 Å². The highest BCUT2D eigenvalue weighted by Crippen LogP contribution is 2.45. The van der Waals surface area contributed by atoms with E-state index in [-0.39, 0.29) is 25.2 Å². The predicted molar refractivity (Wildman–Crippen MR) is 51.3 cm³/mol. The average Bonchev–Trinajstić information content (AvgIpc) is 2.83. The van der Waals surface area contributed by atoms with E-state index in [1.807, 2.05) is 0 Å². The molecule has 1 unspecified atom stereocenters. The number of halogens is 3. The van der Waals surface area contributed by atoms with E-state index in [0.29, 0.717) is 0 Å². The number of rotatable bonds is 2. The number of aryl methyl sites for hydroxylation is 1. The molecule has 1 N–H and O–H groups in total. The molecule has 1 fully saturated rings. The summed E-state index contributed by atoms with van der Waals surface area (Å²) in [5.74, 6) is -0.970. The molecule has 2 heterocycles. The lowest BCUT2D eigenvalue weighted by atomic mass is 9.80. The number of aromatic nitrogens is 3. The third kappa shape index (κ3) is 1.72. The van der Waals surface area contributed by atoms with Crippen LogP contribution in [-0.4, -0.2) is 40.0 Å². The van der Waals surface area contributed by atoms with Crippen molar-refractivity contribution in [3.8, 4) is 0 Å². The third-order valence-electron chi connectivity index (χ3n) is 3.08. The summed E-state index contributed by atoms with van der Waals surface area (Å²) in [5.41, 5.74) is -2.46. The van der Waals surface area contributed by atoms with E-state index in [9.17, 15) is 18.0 Å². The fourth-order valence-electron chi connectivity index (χ4n) is 2.00. The zero-order valence-corrected chi connectivity index (χ0v) is 9.08. The molecular weight excluding hydrogens is 237 g/mol. The first-order valence-electron chi connectivity index (χ1n) is 5.05. The van der Waals surface area contributed by atoms with Crippen molar-refractivity contribution in [2.75, 3.05) is 13.1 Å². The summed E-state index contributed by atoms with van der Waals surface area (Å²) >= 11 is 0. The molecule has 1 aromatic rings. The van der Waals surface area contributed by atoms with Gasteiger partial charge in [0.25, 0.3) is 0 Å². The van der Waals surface area contributed by atoms with Gasteiger partial charge in [-0.25, -0.2) is 4.68 Å². The van der Waals surface area contributed by atoms with Crippen LogP contribution in [-0.2, 0) is 7.05 Å². The molecule has 1 aliphatic heterocycles. The Hall–Kier alpha value is -1.44. The maximum Gasteiger partial charge on any atom is 0.403 e. The van der Waals surface area contributed by atoms with Gasteiger partial charge >= 0.3 is 6.18 Å². The number of carbonyl (C=O) groups is 1. The number of alkyl halides is 3. The molecule has 0 radical (unpaired) electrons. The van der Waals surface area contributed by atoms with Gasteiger partial charge in [-0.05, 0) is 13.0 Å². The average molecular weight is 248 g/mol. The van der Waals surface area contributed by atoms with Crippen molar-refractivity contribution < 1.29 is 18.0 Å². The largest absolute Gasteiger partial charge is 0.403 e. The van der Waals surface area contributed by atoms with Crippen molar-refractivity contribution in [3.05, 3.63) is 11.9 Å². The van der Waals surface area contributed by atoms with Gasteiger partial charge in [0.1, 0.15) is 11.1 Å². The molecule has 0 bridgehead atoms. The highest BCUT2D eigenvalue weighted by molar-refractivity contribution is 5.99. The molecule has 1 atom stereocenters. The number of carbonyl (C=O) groups excluding carboxylic acids is 1. The molecule has 0 amide bonds. The third-order valence-corrected chi connectivity index (χ3v) is 3.08. The lowest BCUT2D eigenvalue weighted by Crippen LogP contribution is -2.47. The summed E-state index contributed by atoms with van der Waals surface area (Å²) < 4.78 is 40.3. The minimum Gasteiger partial charge on any atom is -0.315 e. The van der Waals surface area contributed by atoms with E-state index >= 15 is 0 Å². The second-order valence-electron chi connectivity index (χ2n) is 4.08. The summed E-state index contributed by atoms with van der Waals surface area (Å²) in [6.45, 7) is -0.211. The van der Waals surface area contributed by atoms with Gasteiger partial charge in [-0.2, -0.15) is 13.2 Å². The van der Waals surface area contributed by atoms with Crippen LogP contribution in [0.1, 0.15) is 16.9 Å². The van der Waals surface area contributed by atoms with Crippen LogP contribution in [0.4, 0.5) is 13.2 Å². The minimum absolute atomic E-state index is 0.119. The summed E-state index contributed by atoms with van der Waals surface area (Å²) in [6, 6.07) is 0. The molecule has 17 heavy (non-hydrogen) atoms. The van der Waals surface area contributed by atoms with Gasteiger partial charge in [-0.1, -0.05) is 5.21 Å². The summed E-state index contributed by atoms with van der Waals surface area (Å²) in [7, 11) is 1.40. The van der Waals surface area contributed by atoms with Crippen LogP contribution in [0.3, 0.4) is 0 Å². The van der Waals surface area contributed by atoms with Crippen LogP contribution in [0.2, 0.25) is 0 Å². The zero-order valence-electron chi connectivity index (χ0n) is 9.08. The van der Waals surface area contributed by atoms with E-state index in [2.05, 4.69) is 15.6 Å². The number of ketones is 1. The first-order chi connectivity index (χ1) is 7.88. The maximum atomic E-state index is 13.1. The highest BCUT2D eigenvalue weighted by atomic mass is 19.4. The minimum atomic E-state index is -4.57. The Morgan fingerprint density at radius 1 is 1.59 bits per heavy atom. The standard InChI is InChI=1S/C9H11F3N4O/c1-16-6(4-14-15-16)7(17)8(9(10,11)12)2-3-13-5-8/h4,13H,2-3,5H2,1H3. The first-order valence-corrected chi connectivity index (χ1v) is 5.05. The van der Waals surface area contributed by atoms with Crippen LogP contribution in [0.5, 0.6) is 0 Å². The molecule has 94 valence electrons. The Bertz CT molecular complexity index is 434. The van der Waals surface area contributed by atoms with Gasteiger partial charge in [0.2, 0.25) is 0 Å². The SMILES string of the molecule is Cn1nncc1C(=O)C1(C(F)(F)F)CCNC1. The van der Waals surface area contributed by atoms with Gasteiger partial charge in [0, 0.05) is 13.6 Å². The molecule has 8 heteroatoms. The monoisotopic (exact) mass is 248 g/mol. The van der Waals surface area contributed by atoms with Gasteiger partial charge in [-0.15, -0.1) is 5.10 Å². The van der Waals surface area contributed by atoms with Gasteiger partial charge in [-0.3, -0.25) is 4.79 Å². The van der Waals surface area contributed by atoms with Crippen molar-refractivity contribution >= 4 is 5.78 Å². The van der Waals surface area contributed by atoms with Crippen LogP contribution < -0.4 is 5.32 Å². The Labute approximate surface area is 95.0 Å². The summed E-state index contributed by atoms with van der Waals surface area (Å²) in [4.78, 5) is 12.0. The van der Waals surface area contributed by atoms with E-state index < -0.39 is 17.4 Å². The topological polar surface area (TPSA) is 59.8 Å². The fourth-order valence-corrected chi connectivity index (χ4v) is 2.00. The molecule has 1 saturated heterocycles. The fraction of sp³-hybridized carbons (Fsp3) is 0.667.